The molecular weight excluding hydrogens is 818 g/mol. The molecule has 0 radical (unpaired) electrons. The van der Waals surface area contributed by atoms with Crippen molar-refractivity contribution in [1.29, 1.82) is 0 Å². The van der Waals surface area contributed by atoms with Crippen molar-refractivity contribution in [1.82, 2.24) is 26.1 Å². The van der Waals surface area contributed by atoms with Crippen LogP contribution in [0.2, 0.25) is 0 Å². The molecule has 1 aromatic rings. The molecule has 0 spiro atoms. The number of hydroxylamine groups is 2. The maximum atomic E-state index is 14.5. The third-order valence-corrected chi connectivity index (χ3v) is 12.0. The predicted octanol–water partition coefficient (Wildman–Crippen LogP) is 3.83. The molecule has 4 aliphatic rings. The van der Waals surface area contributed by atoms with E-state index in [9.17, 15) is 38.6 Å². The fraction of sp³-hybridized carbons (Fsp3) is 0.587. The van der Waals surface area contributed by atoms with Crippen molar-refractivity contribution in [2.45, 2.75) is 128 Å². The Morgan fingerprint density at radius 3 is 2.54 bits per heavy atom. The average molecular weight is 882 g/mol. The van der Waals surface area contributed by atoms with E-state index in [-0.39, 0.29) is 36.6 Å². The van der Waals surface area contributed by atoms with Crippen LogP contribution in [0.25, 0.3) is 0 Å². The summed E-state index contributed by atoms with van der Waals surface area (Å²) in [5.74, 6) is -6.81. The molecule has 17 heteroatoms. The minimum absolute atomic E-state index is 0.165. The summed E-state index contributed by atoms with van der Waals surface area (Å²) in [6.07, 6.45) is 11.7. The molecule has 63 heavy (non-hydrogen) atoms. The number of methoxy groups -OCH3 is 1. The number of hydrazine groups is 1. The van der Waals surface area contributed by atoms with Crippen molar-refractivity contribution in [2.75, 3.05) is 26.8 Å². The third kappa shape index (κ3) is 13.5. The lowest BCUT2D eigenvalue weighted by atomic mass is 9.81. The van der Waals surface area contributed by atoms with E-state index in [0.29, 0.717) is 44.4 Å². The van der Waals surface area contributed by atoms with Gasteiger partial charge in [-0.1, -0.05) is 57.2 Å². The quantitative estimate of drug-likeness (QED) is 0.151. The number of fused-ring (bicyclic) bond motifs is 3. The maximum Gasteiger partial charge on any atom is 0.325 e. The van der Waals surface area contributed by atoms with Crippen molar-refractivity contribution in [3.63, 3.8) is 0 Å². The number of phenols is 1. The average Bonchev–Trinajstić information content (AvgIpc) is 3.26. The largest absolute Gasteiger partial charge is 0.508 e. The summed E-state index contributed by atoms with van der Waals surface area (Å²) in [6.45, 7) is 9.88. The number of carbonyl (C=O) groups is 5. The van der Waals surface area contributed by atoms with Gasteiger partial charge in [0.15, 0.2) is 5.79 Å². The Bertz CT molecular complexity index is 1900. The topological polar surface area (TPSA) is 205 Å². The number of rotatable bonds is 7. The number of cyclic esters (lactones) is 1. The summed E-state index contributed by atoms with van der Waals surface area (Å²) in [6, 6.07) is -0.0837. The van der Waals surface area contributed by atoms with Gasteiger partial charge in [0, 0.05) is 57.5 Å². The Morgan fingerprint density at radius 1 is 1.06 bits per heavy atom. The van der Waals surface area contributed by atoms with Crippen LogP contribution in [0.1, 0.15) is 85.1 Å². The zero-order valence-corrected chi connectivity index (χ0v) is 37.1. The molecule has 0 aromatic heterocycles. The number of hydrogen-bond donors (Lipinski definition) is 5. The SMILES string of the molecule is COC1(C)CC[C@H]2C(=O)N[C@@H](C(C)C)C(=O)N[C@@H](Cc3cc(O)cc(F)c3)C(=O)N3CCCC(N3)C(=O)O[C@H](/C(C)=C/C=C/C(=O)N3CCCCO3)C/C=C/C=C/[C@H](O)[C@H](C)[C@H]2O1. The van der Waals surface area contributed by atoms with Gasteiger partial charge < -0.3 is 35.1 Å². The molecule has 4 aliphatic heterocycles. The first-order valence-electron chi connectivity index (χ1n) is 21.9. The second-order valence-corrected chi connectivity index (χ2v) is 17.3. The lowest BCUT2D eigenvalue weighted by Gasteiger charge is -2.44. The number of benzene rings is 1. The van der Waals surface area contributed by atoms with Crippen LogP contribution in [0.15, 0.2) is 66.3 Å². The summed E-state index contributed by atoms with van der Waals surface area (Å²) in [7, 11) is 1.51. The minimum Gasteiger partial charge on any atom is -0.508 e. The predicted molar refractivity (Wildman–Crippen MR) is 229 cm³/mol. The van der Waals surface area contributed by atoms with Gasteiger partial charge in [-0.3, -0.25) is 33.8 Å². The molecule has 2 bridgehead atoms. The van der Waals surface area contributed by atoms with Crippen molar-refractivity contribution < 1.29 is 57.6 Å². The number of allylic oxidation sites excluding steroid dienone is 4. The standard InChI is InChI=1S/C46H64FN5O11/c1-28(2)40-43(57)48-36(26-31-24-32(47)27-33(53)25-31)44(58)51-21-13-15-35(50-51)45(59)62-38(29(3)14-12-18-39(55)52-22-10-11-23-61-52)17-9-7-8-16-37(54)30(4)41-34(42(56)49-40)19-20-46(5,60-6)63-41/h7-9,12,14,16,18,24-25,27-28,30,34-38,40-41,50,53-54H,10-11,13,15,17,19-23,26H2,1-6H3,(H,48,57)(H,49,56)/b9-7+,16-8+,18-12+,29-14+/t30-,34+,35?,36-,37-,38-,40-,41+,46?/m0/s1. The molecule has 9 atom stereocenters. The Morgan fingerprint density at radius 2 is 1.84 bits per heavy atom. The molecule has 0 saturated carbocycles. The fourth-order valence-electron chi connectivity index (χ4n) is 8.08. The summed E-state index contributed by atoms with van der Waals surface area (Å²) in [5.41, 5.74) is 3.81. The van der Waals surface area contributed by atoms with Crippen LogP contribution in [0.3, 0.4) is 0 Å². The molecule has 5 N–H and O–H groups in total. The van der Waals surface area contributed by atoms with Gasteiger partial charge in [0.2, 0.25) is 11.8 Å². The number of carbonyl (C=O) groups excluding carboxylic acids is 5. The number of aliphatic hydroxyl groups is 1. The number of halogens is 1. The molecule has 4 heterocycles. The van der Waals surface area contributed by atoms with Gasteiger partial charge in [-0.25, -0.2) is 14.9 Å². The van der Waals surface area contributed by atoms with Crippen LogP contribution in [-0.4, -0.2) is 119 Å². The highest BCUT2D eigenvalue weighted by Gasteiger charge is 2.46. The number of amides is 4. The Kier molecular flexibility index (Phi) is 17.6. The molecule has 3 fully saturated rings. The van der Waals surface area contributed by atoms with Gasteiger partial charge in [-0.15, -0.1) is 0 Å². The van der Waals surface area contributed by atoms with E-state index in [0.717, 1.165) is 25.0 Å². The van der Waals surface area contributed by atoms with Crippen molar-refractivity contribution in [3.05, 3.63) is 77.7 Å². The van der Waals surface area contributed by atoms with E-state index < -0.39 is 89.5 Å². The molecule has 1 aromatic carbocycles. The minimum atomic E-state index is -1.33. The second kappa shape index (κ2) is 22.6. The molecule has 5 rings (SSSR count). The number of ether oxygens (including phenoxy) is 3. The van der Waals surface area contributed by atoms with Crippen LogP contribution in [-0.2, 0) is 49.4 Å². The number of phenolic OH excluding ortho intramolecular Hbond substituents is 1. The zero-order chi connectivity index (χ0) is 45.8. The first-order valence-corrected chi connectivity index (χ1v) is 21.9. The lowest BCUT2D eigenvalue weighted by molar-refractivity contribution is -0.280. The first kappa shape index (κ1) is 49.1. The van der Waals surface area contributed by atoms with E-state index in [2.05, 4.69) is 16.1 Å². The van der Waals surface area contributed by atoms with E-state index >= 15 is 0 Å². The number of nitrogens with one attached hydrogen (secondary N) is 3. The third-order valence-electron chi connectivity index (χ3n) is 12.0. The molecular formula is C46H64FN5O11. The van der Waals surface area contributed by atoms with Gasteiger partial charge in [0.1, 0.15) is 35.8 Å². The van der Waals surface area contributed by atoms with Crippen LogP contribution >= 0.6 is 0 Å². The van der Waals surface area contributed by atoms with Gasteiger partial charge in [0.05, 0.1) is 24.7 Å². The molecule has 346 valence electrons. The molecule has 3 saturated heterocycles. The highest BCUT2D eigenvalue weighted by Crippen LogP contribution is 2.38. The van der Waals surface area contributed by atoms with E-state index in [1.165, 1.54) is 29.3 Å². The fourth-order valence-corrected chi connectivity index (χ4v) is 8.08. The first-order chi connectivity index (χ1) is 30.0. The number of aliphatic hydroxyl groups excluding tert-OH is 1. The molecule has 2 unspecified atom stereocenters. The van der Waals surface area contributed by atoms with E-state index in [1.54, 1.807) is 71.1 Å². The zero-order valence-electron chi connectivity index (χ0n) is 37.1. The van der Waals surface area contributed by atoms with Gasteiger partial charge in [-0.05, 0) is 75.1 Å². The number of nitrogens with zero attached hydrogens (tertiary/aromatic N) is 2. The van der Waals surface area contributed by atoms with E-state index in [4.69, 9.17) is 19.0 Å². The molecule has 4 amide bonds. The number of hydrogen-bond acceptors (Lipinski definition) is 12. The summed E-state index contributed by atoms with van der Waals surface area (Å²) in [4.78, 5) is 74.8. The van der Waals surface area contributed by atoms with Gasteiger partial charge >= 0.3 is 5.97 Å². The highest BCUT2D eigenvalue weighted by atomic mass is 19.1. The number of aromatic hydroxyl groups is 1. The summed E-state index contributed by atoms with van der Waals surface area (Å²) in [5, 5.41) is 29.8. The van der Waals surface area contributed by atoms with Crippen LogP contribution in [0, 0.1) is 23.6 Å². The number of esters is 1. The lowest BCUT2D eigenvalue weighted by Crippen LogP contribution is -2.62. The van der Waals surface area contributed by atoms with Crippen LogP contribution in [0.5, 0.6) is 5.75 Å². The smallest absolute Gasteiger partial charge is 0.325 e. The van der Waals surface area contributed by atoms with Crippen molar-refractivity contribution in [2.24, 2.45) is 17.8 Å². The highest BCUT2D eigenvalue weighted by molar-refractivity contribution is 5.93. The molecule has 16 nitrogen and oxygen atoms in total. The van der Waals surface area contributed by atoms with Gasteiger partial charge in [0.25, 0.3) is 11.8 Å². The Hall–Kier alpha value is -4.94. The Labute approximate surface area is 368 Å². The second-order valence-electron chi connectivity index (χ2n) is 17.3. The van der Waals surface area contributed by atoms with E-state index in [1.807, 2.05) is 0 Å². The maximum absolute atomic E-state index is 14.5. The van der Waals surface area contributed by atoms with Crippen molar-refractivity contribution >= 4 is 29.6 Å². The summed E-state index contributed by atoms with van der Waals surface area (Å²) < 4.78 is 32.6. The van der Waals surface area contributed by atoms with Crippen LogP contribution in [0.4, 0.5) is 4.39 Å². The monoisotopic (exact) mass is 881 g/mol. The van der Waals surface area contributed by atoms with Crippen molar-refractivity contribution in [3.8, 4) is 5.75 Å². The molecule has 0 aliphatic carbocycles. The Balaban J connectivity index is 1.49. The normalized spacial score (nSPS) is 32.2. The van der Waals surface area contributed by atoms with Gasteiger partial charge in [-0.2, -0.15) is 0 Å². The summed E-state index contributed by atoms with van der Waals surface area (Å²) >= 11 is 0. The van der Waals surface area contributed by atoms with Crippen LogP contribution < -0.4 is 16.1 Å².